The van der Waals surface area contributed by atoms with Crippen LogP contribution in [-0.2, 0) is 11.3 Å². The molecule has 1 aromatic rings. The van der Waals surface area contributed by atoms with Crippen LogP contribution in [0.15, 0.2) is 24.3 Å². The van der Waals surface area contributed by atoms with E-state index in [1.54, 1.807) is 0 Å². The van der Waals surface area contributed by atoms with Crippen molar-refractivity contribution in [2.24, 2.45) is 0 Å². The Morgan fingerprint density at radius 1 is 1.38 bits per heavy atom. The molecule has 0 aliphatic rings. The summed E-state index contributed by atoms with van der Waals surface area (Å²) in [5, 5.41) is 0.761. The van der Waals surface area contributed by atoms with E-state index >= 15 is 0 Å². The van der Waals surface area contributed by atoms with E-state index in [1.807, 2.05) is 43.1 Å². The van der Waals surface area contributed by atoms with Crippen molar-refractivity contribution in [1.82, 2.24) is 4.90 Å². The fourth-order valence-corrected chi connectivity index (χ4v) is 1.83. The largest absolute Gasteiger partial charge is 0.298 e. The fraction of sp³-hybridized carbons (Fsp3) is 0.462. The van der Waals surface area contributed by atoms with Gasteiger partial charge in [0.2, 0.25) is 0 Å². The monoisotopic (exact) mass is 239 g/mol. The quantitative estimate of drug-likeness (QED) is 0.760. The lowest BCUT2D eigenvalue weighted by molar-refractivity contribution is -0.120. The molecule has 1 rings (SSSR count). The molecular formula is C13H18ClNO. The van der Waals surface area contributed by atoms with Crippen LogP contribution in [0.5, 0.6) is 0 Å². The number of likely N-dealkylation sites (N-methyl/N-ethyl adjacent to an activating group) is 1. The van der Waals surface area contributed by atoms with Crippen molar-refractivity contribution in [2.45, 2.75) is 26.3 Å². The number of carbonyl (C=O) groups is 1. The summed E-state index contributed by atoms with van der Waals surface area (Å²) < 4.78 is 0. The second-order valence-electron chi connectivity index (χ2n) is 4.05. The van der Waals surface area contributed by atoms with Crippen LogP contribution < -0.4 is 0 Å². The van der Waals surface area contributed by atoms with E-state index < -0.39 is 0 Å². The molecule has 0 radical (unpaired) electrons. The summed E-state index contributed by atoms with van der Waals surface area (Å²) in [4.78, 5) is 13.5. The van der Waals surface area contributed by atoms with Gasteiger partial charge >= 0.3 is 0 Å². The topological polar surface area (TPSA) is 20.3 Å². The molecule has 0 saturated heterocycles. The van der Waals surface area contributed by atoms with E-state index in [9.17, 15) is 4.79 Å². The Kier molecular flexibility index (Phi) is 5.50. The molecule has 0 bridgehead atoms. The third-order valence-electron chi connectivity index (χ3n) is 2.37. The average Bonchev–Trinajstić information content (AvgIpc) is 2.21. The van der Waals surface area contributed by atoms with Gasteiger partial charge in [-0.25, -0.2) is 0 Å². The SMILES string of the molecule is CCCC(=O)CN(C)Cc1ccccc1Cl. The molecule has 0 spiro atoms. The lowest BCUT2D eigenvalue weighted by atomic mass is 10.2. The van der Waals surface area contributed by atoms with Crippen LogP contribution in [-0.4, -0.2) is 24.3 Å². The Morgan fingerprint density at radius 2 is 2.06 bits per heavy atom. The van der Waals surface area contributed by atoms with Crippen molar-refractivity contribution in [2.75, 3.05) is 13.6 Å². The van der Waals surface area contributed by atoms with Crippen LogP contribution in [0.1, 0.15) is 25.3 Å². The van der Waals surface area contributed by atoms with Crippen LogP contribution in [0, 0.1) is 0 Å². The van der Waals surface area contributed by atoms with Crippen molar-refractivity contribution in [3.63, 3.8) is 0 Å². The second kappa shape index (κ2) is 6.66. The highest BCUT2D eigenvalue weighted by atomic mass is 35.5. The van der Waals surface area contributed by atoms with Gasteiger partial charge in [0.15, 0.2) is 0 Å². The summed E-state index contributed by atoms with van der Waals surface area (Å²) in [5.41, 5.74) is 1.07. The third-order valence-corrected chi connectivity index (χ3v) is 2.74. The molecule has 88 valence electrons. The van der Waals surface area contributed by atoms with Gasteiger partial charge in [-0.2, -0.15) is 0 Å². The van der Waals surface area contributed by atoms with E-state index in [-0.39, 0.29) is 5.78 Å². The zero-order valence-corrected chi connectivity index (χ0v) is 10.6. The Bertz CT molecular complexity index is 352. The van der Waals surface area contributed by atoms with Gasteiger partial charge < -0.3 is 0 Å². The molecule has 3 heteroatoms. The minimum Gasteiger partial charge on any atom is -0.298 e. The highest BCUT2D eigenvalue weighted by Gasteiger charge is 2.07. The summed E-state index contributed by atoms with van der Waals surface area (Å²) in [7, 11) is 1.94. The highest BCUT2D eigenvalue weighted by molar-refractivity contribution is 6.31. The first-order valence-corrected chi connectivity index (χ1v) is 5.95. The third kappa shape index (κ3) is 4.33. The van der Waals surface area contributed by atoms with Crippen molar-refractivity contribution in [1.29, 1.82) is 0 Å². The molecule has 2 nitrogen and oxygen atoms in total. The summed E-state index contributed by atoms with van der Waals surface area (Å²) in [6.07, 6.45) is 1.58. The Labute approximate surface area is 102 Å². The number of Topliss-reactive ketones (excluding diaryl/α,β-unsaturated/α-hetero) is 1. The van der Waals surface area contributed by atoms with Gasteiger partial charge in [0.1, 0.15) is 5.78 Å². The van der Waals surface area contributed by atoms with E-state index in [4.69, 9.17) is 11.6 Å². The van der Waals surface area contributed by atoms with Gasteiger partial charge in [0, 0.05) is 18.0 Å². The second-order valence-corrected chi connectivity index (χ2v) is 4.46. The van der Waals surface area contributed by atoms with Gasteiger partial charge in [0.25, 0.3) is 0 Å². The van der Waals surface area contributed by atoms with Crippen LogP contribution >= 0.6 is 11.6 Å². The van der Waals surface area contributed by atoms with E-state index in [2.05, 4.69) is 0 Å². The average molecular weight is 240 g/mol. The molecule has 0 aromatic heterocycles. The van der Waals surface area contributed by atoms with Crippen molar-refractivity contribution >= 4 is 17.4 Å². The molecule has 0 N–H and O–H groups in total. The smallest absolute Gasteiger partial charge is 0.146 e. The standard InChI is InChI=1S/C13H18ClNO/c1-3-6-12(16)10-15(2)9-11-7-4-5-8-13(11)14/h4-5,7-8H,3,6,9-10H2,1-2H3. The van der Waals surface area contributed by atoms with Crippen molar-refractivity contribution in [3.8, 4) is 0 Å². The molecule has 0 aliphatic carbocycles. The number of rotatable bonds is 6. The van der Waals surface area contributed by atoms with E-state index in [1.165, 1.54) is 0 Å². The first-order valence-electron chi connectivity index (χ1n) is 5.57. The number of benzene rings is 1. The van der Waals surface area contributed by atoms with E-state index in [0.717, 1.165) is 23.6 Å². The Morgan fingerprint density at radius 3 is 2.69 bits per heavy atom. The number of ketones is 1. The summed E-state index contributed by atoms with van der Waals surface area (Å²) in [6.45, 7) is 3.24. The number of hydrogen-bond donors (Lipinski definition) is 0. The number of carbonyl (C=O) groups excluding carboxylic acids is 1. The van der Waals surface area contributed by atoms with Crippen LogP contribution in [0.2, 0.25) is 5.02 Å². The first-order chi connectivity index (χ1) is 7.63. The molecule has 0 saturated carbocycles. The summed E-state index contributed by atoms with van der Waals surface area (Å²) >= 11 is 6.05. The maximum Gasteiger partial charge on any atom is 0.146 e. The lowest BCUT2D eigenvalue weighted by Gasteiger charge is -2.16. The van der Waals surface area contributed by atoms with Gasteiger partial charge in [-0.1, -0.05) is 36.7 Å². The number of halogens is 1. The molecule has 1 aromatic carbocycles. The molecular weight excluding hydrogens is 222 g/mol. The molecule has 0 aliphatic heterocycles. The predicted octanol–water partition coefficient (Wildman–Crippen LogP) is 3.14. The van der Waals surface area contributed by atoms with Gasteiger partial charge in [-0.05, 0) is 25.1 Å². The van der Waals surface area contributed by atoms with Gasteiger partial charge in [-0.3, -0.25) is 9.69 Å². The molecule has 0 unspecified atom stereocenters. The maximum atomic E-state index is 11.5. The molecule has 0 amide bonds. The first kappa shape index (κ1) is 13.2. The number of nitrogens with zero attached hydrogens (tertiary/aromatic N) is 1. The predicted molar refractivity (Wildman–Crippen MR) is 67.7 cm³/mol. The van der Waals surface area contributed by atoms with Crippen LogP contribution in [0.4, 0.5) is 0 Å². The maximum absolute atomic E-state index is 11.5. The summed E-state index contributed by atoms with van der Waals surface area (Å²) in [5.74, 6) is 0.289. The molecule has 0 heterocycles. The Hall–Kier alpha value is -0.860. The normalized spacial score (nSPS) is 10.8. The molecule has 0 fully saturated rings. The van der Waals surface area contributed by atoms with E-state index in [0.29, 0.717) is 13.0 Å². The van der Waals surface area contributed by atoms with Crippen LogP contribution in [0.25, 0.3) is 0 Å². The van der Waals surface area contributed by atoms with Gasteiger partial charge in [-0.15, -0.1) is 0 Å². The minimum absolute atomic E-state index is 0.289. The molecule has 0 atom stereocenters. The zero-order chi connectivity index (χ0) is 12.0. The minimum atomic E-state index is 0.289. The highest BCUT2D eigenvalue weighted by Crippen LogP contribution is 2.16. The lowest BCUT2D eigenvalue weighted by Crippen LogP contribution is -2.25. The summed E-state index contributed by atoms with van der Waals surface area (Å²) in [6, 6.07) is 7.73. The Balaban J connectivity index is 2.48. The number of hydrogen-bond acceptors (Lipinski definition) is 2. The fourth-order valence-electron chi connectivity index (χ4n) is 1.63. The molecule has 16 heavy (non-hydrogen) atoms. The van der Waals surface area contributed by atoms with Crippen LogP contribution in [0.3, 0.4) is 0 Å². The van der Waals surface area contributed by atoms with Gasteiger partial charge in [0.05, 0.1) is 6.54 Å². The van der Waals surface area contributed by atoms with Crippen molar-refractivity contribution in [3.05, 3.63) is 34.9 Å². The zero-order valence-electron chi connectivity index (χ0n) is 9.87. The van der Waals surface area contributed by atoms with Crippen molar-refractivity contribution < 1.29 is 4.79 Å².